The fourth-order valence-corrected chi connectivity index (χ4v) is 1.82. The molecule has 0 saturated heterocycles. The van der Waals surface area contributed by atoms with Crippen LogP contribution in [0, 0.1) is 10.1 Å². The van der Waals surface area contributed by atoms with Crippen LogP contribution in [0.15, 0.2) is 18.2 Å². The smallest absolute Gasteiger partial charge is 0.333 e. The number of aliphatic hydroxyl groups excluding tert-OH is 1. The van der Waals surface area contributed by atoms with Crippen molar-refractivity contribution in [2.75, 3.05) is 31.2 Å². The van der Waals surface area contributed by atoms with E-state index in [1.807, 2.05) is 0 Å². The van der Waals surface area contributed by atoms with Crippen LogP contribution >= 0.6 is 0 Å². The first-order chi connectivity index (χ1) is 9.51. The van der Waals surface area contributed by atoms with E-state index >= 15 is 0 Å². The molecule has 0 radical (unpaired) electrons. The third-order valence-corrected chi connectivity index (χ3v) is 2.53. The third kappa shape index (κ3) is 4.02. The Morgan fingerprint density at radius 1 is 1.50 bits per heavy atom. The van der Waals surface area contributed by atoms with Gasteiger partial charge in [-0.2, -0.15) is 0 Å². The lowest BCUT2D eigenvalue weighted by molar-refractivity contribution is -0.385. The highest BCUT2D eigenvalue weighted by Gasteiger charge is 2.26. The molecular formula is C12H16F2N2O4. The lowest BCUT2D eigenvalue weighted by atomic mass is 10.2. The molecule has 1 aromatic carbocycles. The van der Waals surface area contributed by atoms with Crippen molar-refractivity contribution in [2.45, 2.75) is 13.3 Å². The van der Waals surface area contributed by atoms with Gasteiger partial charge in [-0.1, -0.05) is 6.07 Å². The number of ether oxygens (including phenoxy) is 1. The number of nitrogens with zero attached hydrogens (tertiary/aromatic N) is 2. The number of aliphatic hydroxyl groups is 1. The van der Waals surface area contributed by atoms with E-state index in [4.69, 9.17) is 9.84 Å². The second-order valence-electron chi connectivity index (χ2n) is 3.87. The molecule has 1 rings (SSSR count). The Balaban J connectivity index is 3.24. The standard InChI is InChI=1S/C12H16F2N2O4/c1-2-20-10-5-3-4-9(12(10)16(18)19)15(6-7-17)8-11(13)14/h3-5,11,17H,2,6-8H2,1H3. The number of alkyl halides is 2. The maximum atomic E-state index is 12.6. The minimum atomic E-state index is -2.67. The van der Waals surface area contributed by atoms with Gasteiger partial charge in [0.2, 0.25) is 0 Å². The number of anilines is 1. The van der Waals surface area contributed by atoms with Crippen LogP contribution in [0.2, 0.25) is 0 Å². The minimum absolute atomic E-state index is 0.00954. The molecule has 0 aliphatic rings. The van der Waals surface area contributed by atoms with E-state index in [1.165, 1.54) is 18.2 Å². The minimum Gasteiger partial charge on any atom is -0.487 e. The van der Waals surface area contributed by atoms with Crippen LogP contribution in [-0.4, -0.2) is 42.8 Å². The van der Waals surface area contributed by atoms with Crippen molar-refractivity contribution >= 4 is 11.4 Å². The largest absolute Gasteiger partial charge is 0.487 e. The van der Waals surface area contributed by atoms with Crippen molar-refractivity contribution in [1.29, 1.82) is 0 Å². The molecule has 0 aliphatic heterocycles. The van der Waals surface area contributed by atoms with Gasteiger partial charge in [0.1, 0.15) is 5.69 Å². The Kier molecular flexibility index (Phi) is 6.10. The summed E-state index contributed by atoms with van der Waals surface area (Å²) < 4.78 is 30.3. The van der Waals surface area contributed by atoms with Gasteiger partial charge in [-0.25, -0.2) is 8.78 Å². The second-order valence-corrected chi connectivity index (χ2v) is 3.87. The Morgan fingerprint density at radius 3 is 2.70 bits per heavy atom. The lowest BCUT2D eigenvalue weighted by Crippen LogP contribution is -2.32. The second kappa shape index (κ2) is 7.59. The van der Waals surface area contributed by atoms with E-state index in [2.05, 4.69) is 0 Å². The summed E-state index contributed by atoms with van der Waals surface area (Å²) in [5.41, 5.74) is -0.362. The molecule has 0 saturated carbocycles. The van der Waals surface area contributed by atoms with E-state index in [0.717, 1.165) is 4.90 Å². The zero-order valence-electron chi connectivity index (χ0n) is 11.0. The molecule has 0 aliphatic carbocycles. The molecule has 0 aromatic heterocycles. The summed E-state index contributed by atoms with van der Waals surface area (Å²) in [6, 6.07) is 4.26. The molecule has 0 heterocycles. The number of halogens is 2. The first kappa shape index (κ1) is 16.1. The monoisotopic (exact) mass is 290 g/mol. The number of rotatable bonds is 8. The first-order valence-corrected chi connectivity index (χ1v) is 6.05. The Morgan fingerprint density at radius 2 is 2.20 bits per heavy atom. The van der Waals surface area contributed by atoms with Gasteiger partial charge in [0, 0.05) is 6.54 Å². The molecule has 20 heavy (non-hydrogen) atoms. The van der Waals surface area contributed by atoms with Gasteiger partial charge in [0.15, 0.2) is 5.75 Å². The van der Waals surface area contributed by atoms with Crippen LogP contribution in [0.3, 0.4) is 0 Å². The number of benzene rings is 1. The fourth-order valence-electron chi connectivity index (χ4n) is 1.82. The lowest BCUT2D eigenvalue weighted by Gasteiger charge is -2.23. The van der Waals surface area contributed by atoms with Crippen molar-refractivity contribution in [3.05, 3.63) is 28.3 Å². The average molecular weight is 290 g/mol. The van der Waals surface area contributed by atoms with Crippen molar-refractivity contribution in [3.8, 4) is 5.75 Å². The van der Waals surface area contributed by atoms with Gasteiger partial charge in [0.05, 0.1) is 24.7 Å². The van der Waals surface area contributed by atoms with Gasteiger partial charge < -0.3 is 14.7 Å². The predicted molar refractivity (Wildman–Crippen MR) is 69.6 cm³/mol. The third-order valence-electron chi connectivity index (χ3n) is 2.53. The summed E-state index contributed by atoms with van der Waals surface area (Å²) in [7, 11) is 0. The van der Waals surface area contributed by atoms with Crippen LogP contribution in [0.1, 0.15) is 6.92 Å². The number of nitro groups is 1. The molecular weight excluding hydrogens is 274 g/mol. The summed E-state index contributed by atoms with van der Waals surface area (Å²) >= 11 is 0. The highest BCUT2D eigenvalue weighted by molar-refractivity contribution is 5.69. The molecule has 0 unspecified atom stereocenters. The summed E-state index contributed by atoms with van der Waals surface area (Å²) in [5, 5.41) is 20.1. The molecule has 0 atom stereocenters. The number of hydrogen-bond acceptors (Lipinski definition) is 5. The zero-order valence-corrected chi connectivity index (χ0v) is 11.0. The van der Waals surface area contributed by atoms with Crippen molar-refractivity contribution in [3.63, 3.8) is 0 Å². The summed E-state index contributed by atoms with van der Waals surface area (Å²) in [6.45, 7) is 0.681. The van der Waals surface area contributed by atoms with Crippen LogP contribution in [0.25, 0.3) is 0 Å². The Hall–Kier alpha value is -1.96. The first-order valence-electron chi connectivity index (χ1n) is 6.05. The van der Waals surface area contributed by atoms with Gasteiger partial charge in [-0.3, -0.25) is 10.1 Å². The molecule has 8 heteroatoms. The topological polar surface area (TPSA) is 75.8 Å². The highest BCUT2D eigenvalue weighted by atomic mass is 19.3. The van der Waals surface area contributed by atoms with Gasteiger partial charge in [-0.05, 0) is 19.1 Å². The Labute approximate surface area is 114 Å². The molecule has 1 aromatic rings. The van der Waals surface area contributed by atoms with E-state index in [-0.39, 0.29) is 36.9 Å². The quantitative estimate of drug-likeness (QED) is 0.586. The van der Waals surface area contributed by atoms with Crippen molar-refractivity contribution in [1.82, 2.24) is 0 Å². The summed E-state index contributed by atoms with van der Waals surface area (Å²) in [6.07, 6.45) is -2.67. The van der Waals surface area contributed by atoms with E-state index in [0.29, 0.717) is 0 Å². The van der Waals surface area contributed by atoms with Gasteiger partial charge in [0.25, 0.3) is 6.43 Å². The Bertz CT molecular complexity index is 457. The average Bonchev–Trinajstić information content (AvgIpc) is 2.37. The summed E-state index contributed by atoms with van der Waals surface area (Å²) in [4.78, 5) is 11.6. The normalized spacial score (nSPS) is 10.7. The van der Waals surface area contributed by atoms with Crippen molar-refractivity contribution in [2.24, 2.45) is 0 Å². The molecule has 0 bridgehead atoms. The number of nitro benzene ring substituents is 1. The SMILES string of the molecule is CCOc1cccc(N(CCO)CC(F)F)c1[N+](=O)[O-]. The maximum Gasteiger partial charge on any atom is 0.333 e. The maximum absolute atomic E-state index is 12.6. The van der Waals surface area contributed by atoms with E-state index in [1.54, 1.807) is 6.92 Å². The molecule has 112 valence electrons. The van der Waals surface area contributed by atoms with E-state index in [9.17, 15) is 18.9 Å². The highest BCUT2D eigenvalue weighted by Crippen LogP contribution is 2.37. The van der Waals surface area contributed by atoms with Crippen LogP contribution in [0.4, 0.5) is 20.2 Å². The molecule has 6 nitrogen and oxygen atoms in total. The molecule has 1 N–H and O–H groups in total. The molecule has 0 amide bonds. The van der Waals surface area contributed by atoms with Crippen LogP contribution in [0.5, 0.6) is 5.75 Å². The fraction of sp³-hybridized carbons (Fsp3) is 0.500. The van der Waals surface area contributed by atoms with Crippen LogP contribution in [-0.2, 0) is 0 Å². The van der Waals surface area contributed by atoms with E-state index < -0.39 is 17.9 Å². The van der Waals surface area contributed by atoms with Gasteiger partial charge >= 0.3 is 5.69 Å². The summed E-state index contributed by atoms with van der Waals surface area (Å²) in [5.74, 6) is 0.0206. The molecule has 0 spiro atoms. The zero-order chi connectivity index (χ0) is 15.1. The predicted octanol–water partition coefficient (Wildman–Crippen LogP) is 2.06. The van der Waals surface area contributed by atoms with Crippen molar-refractivity contribution < 1.29 is 23.5 Å². The number of para-hydroxylation sites is 1. The number of hydrogen-bond donors (Lipinski definition) is 1. The van der Waals surface area contributed by atoms with Crippen LogP contribution < -0.4 is 9.64 Å². The molecule has 0 fully saturated rings. The van der Waals surface area contributed by atoms with Gasteiger partial charge in [-0.15, -0.1) is 0 Å².